The lowest BCUT2D eigenvalue weighted by atomic mass is 10.1. The van der Waals surface area contributed by atoms with Crippen LogP contribution in [0.3, 0.4) is 0 Å². The molecular formula is C10H7F3O3. The molecule has 0 saturated heterocycles. The highest BCUT2D eigenvalue weighted by Gasteiger charge is 2.31. The van der Waals surface area contributed by atoms with Gasteiger partial charge in [-0.05, 0) is 25.1 Å². The molecule has 1 aromatic rings. The third-order valence-corrected chi connectivity index (χ3v) is 1.76. The zero-order valence-corrected chi connectivity index (χ0v) is 8.17. The van der Waals surface area contributed by atoms with Gasteiger partial charge in [0, 0.05) is 11.1 Å². The minimum absolute atomic E-state index is 0.0297. The molecule has 1 aromatic carbocycles. The van der Waals surface area contributed by atoms with Crippen LogP contribution in [0.1, 0.15) is 27.6 Å². The number of aldehydes is 1. The van der Waals surface area contributed by atoms with Gasteiger partial charge in [0.1, 0.15) is 5.75 Å². The van der Waals surface area contributed by atoms with Crippen LogP contribution in [0.15, 0.2) is 18.2 Å². The van der Waals surface area contributed by atoms with E-state index < -0.39 is 17.9 Å². The normalized spacial score (nSPS) is 11.0. The van der Waals surface area contributed by atoms with E-state index in [9.17, 15) is 22.8 Å². The molecule has 0 heterocycles. The maximum Gasteiger partial charge on any atom is 0.573 e. The van der Waals surface area contributed by atoms with Crippen molar-refractivity contribution in [2.24, 2.45) is 0 Å². The highest BCUT2D eigenvalue weighted by Crippen LogP contribution is 2.24. The van der Waals surface area contributed by atoms with Crippen molar-refractivity contribution in [3.05, 3.63) is 29.3 Å². The van der Waals surface area contributed by atoms with Crippen molar-refractivity contribution in [1.29, 1.82) is 0 Å². The first kappa shape index (κ1) is 12.2. The Balaban J connectivity index is 3.12. The molecular weight excluding hydrogens is 225 g/mol. The average molecular weight is 232 g/mol. The van der Waals surface area contributed by atoms with E-state index in [0.717, 1.165) is 25.1 Å². The summed E-state index contributed by atoms with van der Waals surface area (Å²) < 4.78 is 39.3. The maximum atomic E-state index is 11.9. The van der Waals surface area contributed by atoms with Gasteiger partial charge in [-0.3, -0.25) is 9.59 Å². The van der Waals surface area contributed by atoms with Gasteiger partial charge in [0.05, 0.1) is 0 Å². The number of ether oxygens (including phenoxy) is 1. The molecule has 0 aliphatic carbocycles. The highest BCUT2D eigenvalue weighted by atomic mass is 19.4. The van der Waals surface area contributed by atoms with Crippen LogP contribution in [0.25, 0.3) is 0 Å². The van der Waals surface area contributed by atoms with Crippen molar-refractivity contribution in [2.75, 3.05) is 0 Å². The summed E-state index contributed by atoms with van der Waals surface area (Å²) in [5, 5.41) is 0. The highest BCUT2D eigenvalue weighted by molar-refractivity contribution is 6.01. The molecule has 0 radical (unpaired) electrons. The fraction of sp³-hybridized carbons (Fsp3) is 0.200. The van der Waals surface area contributed by atoms with E-state index in [4.69, 9.17) is 0 Å². The summed E-state index contributed by atoms with van der Waals surface area (Å²) in [5.41, 5.74) is -0.0706. The molecule has 0 N–H and O–H groups in total. The Morgan fingerprint density at radius 3 is 2.44 bits per heavy atom. The lowest BCUT2D eigenvalue weighted by Crippen LogP contribution is -2.17. The number of carbonyl (C=O) groups is 2. The van der Waals surface area contributed by atoms with Gasteiger partial charge in [0.15, 0.2) is 12.1 Å². The number of ketones is 1. The predicted octanol–water partition coefficient (Wildman–Crippen LogP) is 2.60. The molecule has 0 bridgehead atoms. The monoisotopic (exact) mass is 232 g/mol. The first-order valence-electron chi connectivity index (χ1n) is 4.19. The van der Waals surface area contributed by atoms with E-state index >= 15 is 0 Å². The number of hydrogen-bond donors (Lipinski definition) is 0. The standard InChI is InChI=1S/C10H7F3O3/c1-6(15)9-4-8(16-10(11,12)13)3-2-7(9)5-14/h2-5H,1H3. The number of hydrogen-bond acceptors (Lipinski definition) is 3. The average Bonchev–Trinajstić information content (AvgIpc) is 2.15. The molecule has 0 unspecified atom stereocenters. The van der Waals surface area contributed by atoms with Crippen LogP contribution >= 0.6 is 0 Å². The fourth-order valence-corrected chi connectivity index (χ4v) is 1.14. The predicted molar refractivity (Wildman–Crippen MR) is 48.5 cm³/mol. The van der Waals surface area contributed by atoms with Gasteiger partial charge in [-0.2, -0.15) is 0 Å². The third kappa shape index (κ3) is 3.08. The van der Waals surface area contributed by atoms with Crippen LogP contribution in [0.2, 0.25) is 0 Å². The van der Waals surface area contributed by atoms with Crippen LogP contribution in [0, 0.1) is 0 Å². The van der Waals surface area contributed by atoms with Gasteiger partial charge < -0.3 is 4.74 Å². The van der Waals surface area contributed by atoms with Crippen molar-refractivity contribution in [3.8, 4) is 5.75 Å². The summed E-state index contributed by atoms with van der Waals surface area (Å²) in [6.45, 7) is 1.15. The van der Waals surface area contributed by atoms with E-state index in [1.165, 1.54) is 0 Å². The smallest absolute Gasteiger partial charge is 0.406 e. The summed E-state index contributed by atoms with van der Waals surface area (Å²) >= 11 is 0. The summed E-state index contributed by atoms with van der Waals surface area (Å²) in [7, 11) is 0. The number of rotatable bonds is 3. The second kappa shape index (κ2) is 4.34. The van der Waals surface area contributed by atoms with Crippen LogP contribution in [-0.2, 0) is 0 Å². The van der Waals surface area contributed by atoms with E-state index in [0.29, 0.717) is 6.29 Å². The molecule has 0 amide bonds. The maximum absolute atomic E-state index is 11.9. The summed E-state index contributed by atoms with van der Waals surface area (Å²) in [5.74, 6) is -1.03. The van der Waals surface area contributed by atoms with Crippen molar-refractivity contribution in [1.82, 2.24) is 0 Å². The van der Waals surface area contributed by atoms with Gasteiger partial charge in [0.2, 0.25) is 0 Å². The lowest BCUT2D eigenvalue weighted by Gasteiger charge is -2.10. The van der Waals surface area contributed by atoms with Crippen molar-refractivity contribution in [3.63, 3.8) is 0 Å². The van der Waals surface area contributed by atoms with Crippen molar-refractivity contribution >= 4 is 12.1 Å². The van der Waals surface area contributed by atoms with Crippen LogP contribution in [-0.4, -0.2) is 18.4 Å². The molecule has 86 valence electrons. The third-order valence-electron chi connectivity index (χ3n) is 1.76. The molecule has 0 aromatic heterocycles. The molecule has 1 rings (SSSR count). The Labute approximate surface area is 88.8 Å². The zero-order chi connectivity index (χ0) is 12.3. The van der Waals surface area contributed by atoms with Crippen molar-refractivity contribution in [2.45, 2.75) is 13.3 Å². The van der Waals surface area contributed by atoms with Gasteiger partial charge in [-0.25, -0.2) is 0 Å². The van der Waals surface area contributed by atoms with Crippen LogP contribution in [0.5, 0.6) is 5.75 Å². The van der Waals surface area contributed by atoms with Crippen LogP contribution in [0.4, 0.5) is 13.2 Å². The van der Waals surface area contributed by atoms with Gasteiger partial charge in [-0.15, -0.1) is 13.2 Å². The molecule has 0 atom stereocenters. The van der Waals surface area contributed by atoms with Gasteiger partial charge in [0.25, 0.3) is 0 Å². The summed E-state index contributed by atoms with van der Waals surface area (Å²) in [6, 6.07) is 2.97. The molecule has 0 aliphatic heterocycles. The second-order valence-corrected chi connectivity index (χ2v) is 2.97. The van der Waals surface area contributed by atoms with Gasteiger partial charge in [-0.1, -0.05) is 0 Å². The summed E-state index contributed by atoms with van der Waals surface area (Å²) in [4.78, 5) is 21.6. The van der Waals surface area contributed by atoms with E-state index in [1.807, 2.05) is 0 Å². The lowest BCUT2D eigenvalue weighted by molar-refractivity contribution is -0.274. The Morgan fingerprint density at radius 2 is 2.00 bits per heavy atom. The molecule has 0 saturated carbocycles. The Kier molecular flexibility index (Phi) is 3.31. The topological polar surface area (TPSA) is 43.4 Å². The fourth-order valence-electron chi connectivity index (χ4n) is 1.14. The summed E-state index contributed by atoms with van der Waals surface area (Å²) in [6.07, 6.45) is -4.43. The van der Waals surface area contributed by atoms with E-state index in [1.54, 1.807) is 0 Å². The number of alkyl halides is 3. The molecule has 16 heavy (non-hydrogen) atoms. The largest absolute Gasteiger partial charge is 0.573 e. The zero-order valence-electron chi connectivity index (χ0n) is 8.17. The quantitative estimate of drug-likeness (QED) is 0.594. The molecule has 3 nitrogen and oxygen atoms in total. The number of halogens is 3. The first-order chi connectivity index (χ1) is 7.33. The minimum atomic E-state index is -4.82. The number of carbonyl (C=O) groups excluding carboxylic acids is 2. The molecule has 6 heteroatoms. The molecule has 0 fully saturated rings. The number of benzene rings is 1. The first-order valence-corrected chi connectivity index (χ1v) is 4.19. The number of Topliss-reactive ketones (excluding diaryl/α,β-unsaturated/α-hetero) is 1. The van der Waals surface area contributed by atoms with Gasteiger partial charge >= 0.3 is 6.36 Å². The Morgan fingerprint density at radius 1 is 1.38 bits per heavy atom. The van der Waals surface area contributed by atoms with E-state index in [2.05, 4.69) is 4.74 Å². The second-order valence-electron chi connectivity index (χ2n) is 2.97. The Hall–Kier alpha value is -1.85. The molecule has 0 spiro atoms. The SMILES string of the molecule is CC(=O)c1cc(OC(F)(F)F)ccc1C=O. The molecule has 0 aliphatic rings. The Bertz CT molecular complexity index is 424. The van der Waals surface area contributed by atoms with Crippen molar-refractivity contribution < 1.29 is 27.5 Å². The van der Waals surface area contributed by atoms with E-state index in [-0.39, 0.29) is 11.1 Å². The van der Waals surface area contributed by atoms with Crippen LogP contribution < -0.4 is 4.74 Å². The minimum Gasteiger partial charge on any atom is -0.406 e.